The van der Waals surface area contributed by atoms with E-state index in [0.29, 0.717) is 0 Å². The topological polar surface area (TPSA) is 34.5 Å². The Kier molecular flexibility index (Phi) is 6.80. The minimum atomic E-state index is 0.852. The molecular formula is C58H34N2O2. The summed E-state index contributed by atoms with van der Waals surface area (Å²) in [5.41, 5.74) is 9.79. The maximum Gasteiger partial charge on any atom is 0.159 e. The molecule has 0 aliphatic rings. The highest BCUT2D eigenvalue weighted by Gasteiger charge is 2.24. The SMILES string of the molecule is c1ccc(N(c2cccc(-n3c4cc5oc6ccccc6c5cc4c4c5c(ccc43)c3ccccc3c3c4ccccc4ccc35)c2)c2cccc3c2oc2ccccc23)cc1. The van der Waals surface area contributed by atoms with Crippen LogP contribution in [0.4, 0.5) is 17.1 Å². The minimum absolute atomic E-state index is 0.852. The lowest BCUT2D eigenvalue weighted by atomic mass is 9.89. The largest absolute Gasteiger partial charge is 0.456 e. The standard InChI is InChI=1S/C58H34N2O2/c1-2-15-36(16-3-1)59(50-25-13-24-45-41-21-8-11-27-53(41)62-58(45)50)37-17-12-18-38(32-37)60-49-31-30-44-40-20-6-7-23-43(40)55-39-19-5-4-14-35(39)28-29-46(55)56(44)57(49)48-33-47-42-22-9-10-26-52(42)61-54(47)34-51(48)60/h1-34H. The van der Waals surface area contributed by atoms with Crippen LogP contribution in [0.5, 0.6) is 0 Å². The van der Waals surface area contributed by atoms with Gasteiger partial charge in [-0.15, -0.1) is 0 Å². The van der Waals surface area contributed by atoms with Crippen molar-refractivity contribution < 1.29 is 8.83 Å². The number of anilines is 3. The van der Waals surface area contributed by atoms with Crippen LogP contribution in [0.1, 0.15) is 0 Å². The van der Waals surface area contributed by atoms with Crippen molar-refractivity contribution in [1.29, 1.82) is 0 Å². The summed E-state index contributed by atoms with van der Waals surface area (Å²) < 4.78 is 15.7. The lowest BCUT2D eigenvalue weighted by molar-refractivity contribution is 0.669. The first-order chi connectivity index (χ1) is 30.8. The van der Waals surface area contributed by atoms with Gasteiger partial charge in [0.25, 0.3) is 0 Å². The fraction of sp³-hybridized carbons (Fsp3) is 0. The number of fused-ring (bicyclic) bond motifs is 18. The molecule has 14 aromatic rings. The molecule has 3 heterocycles. The molecule has 0 fully saturated rings. The summed E-state index contributed by atoms with van der Waals surface area (Å²) in [6.07, 6.45) is 0. The molecule has 0 amide bonds. The van der Waals surface area contributed by atoms with Gasteiger partial charge in [0.1, 0.15) is 16.7 Å². The van der Waals surface area contributed by atoms with Crippen LogP contribution in [0, 0.1) is 0 Å². The van der Waals surface area contributed by atoms with E-state index in [1.165, 1.54) is 53.9 Å². The second-order valence-corrected chi connectivity index (χ2v) is 16.4. The summed E-state index contributed by atoms with van der Waals surface area (Å²) in [6, 6.07) is 74.2. The summed E-state index contributed by atoms with van der Waals surface area (Å²) in [5.74, 6) is 0. The normalized spacial score (nSPS) is 12.2. The fourth-order valence-electron chi connectivity index (χ4n) is 10.5. The maximum atomic E-state index is 6.67. The molecule has 4 heteroatoms. The second-order valence-electron chi connectivity index (χ2n) is 16.4. The highest BCUT2D eigenvalue weighted by Crippen LogP contribution is 2.48. The van der Waals surface area contributed by atoms with E-state index in [-0.39, 0.29) is 0 Å². The van der Waals surface area contributed by atoms with Crippen LogP contribution in [-0.4, -0.2) is 4.57 Å². The van der Waals surface area contributed by atoms with Crippen LogP contribution < -0.4 is 4.90 Å². The van der Waals surface area contributed by atoms with E-state index in [1.807, 2.05) is 18.2 Å². The molecule has 14 rings (SSSR count). The lowest BCUT2D eigenvalue weighted by Gasteiger charge is -2.26. The maximum absolute atomic E-state index is 6.67. The van der Waals surface area contributed by atoms with Crippen LogP contribution in [0.15, 0.2) is 215 Å². The van der Waals surface area contributed by atoms with Crippen molar-refractivity contribution in [2.45, 2.75) is 0 Å². The van der Waals surface area contributed by atoms with Crippen LogP contribution in [0.25, 0.3) is 114 Å². The minimum Gasteiger partial charge on any atom is -0.456 e. The van der Waals surface area contributed by atoms with E-state index in [9.17, 15) is 0 Å². The van der Waals surface area contributed by atoms with E-state index in [4.69, 9.17) is 8.83 Å². The third-order valence-corrected chi connectivity index (χ3v) is 13.1. The van der Waals surface area contributed by atoms with Gasteiger partial charge in [-0.05, 0) is 98.4 Å². The van der Waals surface area contributed by atoms with Gasteiger partial charge in [0, 0.05) is 60.8 Å². The molecule has 0 atom stereocenters. The summed E-state index contributed by atoms with van der Waals surface area (Å²) in [6.45, 7) is 0. The zero-order valence-electron chi connectivity index (χ0n) is 33.3. The first-order valence-corrected chi connectivity index (χ1v) is 21.2. The number of furan rings is 2. The number of nitrogens with zero attached hydrogens (tertiary/aromatic N) is 2. The molecule has 288 valence electrons. The highest BCUT2D eigenvalue weighted by molar-refractivity contribution is 6.39. The van der Waals surface area contributed by atoms with Gasteiger partial charge in [0.15, 0.2) is 5.58 Å². The molecular weight excluding hydrogens is 757 g/mol. The van der Waals surface area contributed by atoms with Crippen LogP contribution in [0.3, 0.4) is 0 Å². The third-order valence-electron chi connectivity index (χ3n) is 13.1. The quantitative estimate of drug-likeness (QED) is 0.167. The number of hydrogen-bond acceptors (Lipinski definition) is 3. The van der Waals surface area contributed by atoms with Crippen molar-refractivity contribution in [3.05, 3.63) is 206 Å². The van der Waals surface area contributed by atoms with E-state index < -0.39 is 0 Å². The zero-order valence-corrected chi connectivity index (χ0v) is 33.3. The van der Waals surface area contributed by atoms with Crippen molar-refractivity contribution in [3.63, 3.8) is 0 Å². The van der Waals surface area contributed by atoms with Gasteiger partial charge in [-0.25, -0.2) is 0 Å². The number of para-hydroxylation sites is 4. The van der Waals surface area contributed by atoms with Crippen molar-refractivity contribution in [3.8, 4) is 5.69 Å². The molecule has 0 radical (unpaired) electrons. The van der Waals surface area contributed by atoms with Gasteiger partial charge in [-0.3, -0.25) is 0 Å². The Bertz CT molecular complexity index is 4170. The molecule has 0 unspecified atom stereocenters. The molecule has 3 aromatic heterocycles. The molecule has 0 N–H and O–H groups in total. The molecule has 0 bridgehead atoms. The predicted octanol–water partition coefficient (Wildman–Crippen LogP) is 16.7. The van der Waals surface area contributed by atoms with Gasteiger partial charge in [0.2, 0.25) is 0 Å². The van der Waals surface area contributed by atoms with Crippen molar-refractivity contribution in [1.82, 2.24) is 4.57 Å². The molecule has 0 spiro atoms. The summed E-state index contributed by atoms with van der Waals surface area (Å²) in [4.78, 5) is 2.32. The van der Waals surface area contributed by atoms with Crippen molar-refractivity contribution in [2.75, 3.05) is 4.90 Å². The van der Waals surface area contributed by atoms with Crippen molar-refractivity contribution >= 4 is 126 Å². The third kappa shape index (κ3) is 4.61. The lowest BCUT2D eigenvalue weighted by Crippen LogP contribution is -2.10. The Morgan fingerprint density at radius 1 is 0.323 bits per heavy atom. The number of hydrogen-bond donors (Lipinski definition) is 0. The van der Waals surface area contributed by atoms with Gasteiger partial charge < -0.3 is 18.3 Å². The molecule has 0 aliphatic carbocycles. The molecule has 62 heavy (non-hydrogen) atoms. The van der Waals surface area contributed by atoms with Gasteiger partial charge in [0.05, 0.1) is 16.7 Å². The second kappa shape index (κ2) is 12.6. The van der Waals surface area contributed by atoms with Crippen LogP contribution in [0.2, 0.25) is 0 Å². The smallest absolute Gasteiger partial charge is 0.159 e. The Morgan fingerprint density at radius 3 is 1.82 bits per heavy atom. The zero-order chi connectivity index (χ0) is 40.5. The van der Waals surface area contributed by atoms with E-state index in [1.54, 1.807) is 0 Å². The summed E-state index contributed by atoms with van der Waals surface area (Å²) in [7, 11) is 0. The number of aromatic nitrogens is 1. The van der Waals surface area contributed by atoms with Crippen molar-refractivity contribution in [2.24, 2.45) is 0 Å². The van der Waals surface area contributed by atoms with Crippen LogP contribution >= 0.6 is 0 Å². The molecule has 11 aromatic carbocycles. The van der Waals surface area contributed by atoms with Gasteiger partial charge in [-0.1, -0.05) is 140 Å². The van der Waals surface area contributed by atoms with E-state index in [0.717, 1.165) is 77.7 Å². The van der Waals surface area contributed by atoms with Gasteiger partial charge in [-0.2, -0.15) is 0 Å². The number of rotatable bonds is 4. The first kappa shape index (κ1) is 33.5. The molecule has 0 aliphatic heterocycles. The molecule has 4 nitrogen and oxygen atoms in total. The first-order valence-electron chi connectivity index (χ1n) is 21.2. The number of benzene rings is 11. The molecule has 0 saturated heterocycles. The van der Waals surface area contributed by atoms with E-state index >= 15 is 0 Å². The Hall–Kier alpha value is -8.34. The van der Waals surface area contributed by atoms with Crippen LogP contribution in [-0.2, 0) is 0 Å². The Morgan fingerprint density at radius 2 is 0.968 bits per heavy atom. The average Bonchev–Trinajstić information content (AvgIpc) is 4.00. The monoisotopic (exact) mass is 790 g/mol. The Balaban J connectivity index is 1.11. The highest BCUT2D eigenvalue weighted by atomic mass is 16.3. The average molecular weight is 791 g/mol. The fourth-order valence-corrected chi connectivity index (χ4v) is 10.5. The van der Waals surface area contributed by atoms with E-state index in [2.05, 4.69) is 198 Å². The summed E-state index contributed by atoms with van der Waals surface area (Å²) in [5, 5.41) is 16.9. The Labute approximate surface area is 354 Å². The predicted molar refractivity (Wildman–Crippen MR) is 260 cm³/mol. The molecule has 0 saturated carbocycles. The van der Waals surface area contributed by atoms with Gasteiger partial charge >= 0.3 is 0 Å². The summed E-state index contributed by atoms with van der Waals surface area (Å²) >= 11 is 0.